The maximum atomic E-state index is 12.7. The molecule has 0 amide bonds. The van der Waals surface area contributed by atoms with Gasteiger partial charge >= 0.3 is 0 Å². The second-order valence-corrected chi connectivity index (χ2v) is 9.57. The second kappa shape index (κ2) is 4.58. The van der Waals surface area contributed by atoms with Crippen molar-refractivity contribution >= 4 is 11.6 Å². The van der Waals surface area contributed by atoms with E-state index < -0.39 is 0 Å². The molecule has 138 valence electrons. The summed E-state index contributed by atoms with van der Waals surface area (Å²) in [6, 6.07) is 0. The molecule has 2 heteroatoms. The molecule has 0 radical (unpaired) electrons. The molecule has 2 nitrogen and oxygen atoms in total. The molecule has 4 aliphatic rings. The first-order valence-corrected chi connectivity index (χ1v) is 9.77. The third-order valence-electron chi connectivity index (χ3n) is 9.67. The molecule has 0 bridgehead atoms. The number of carbonyl (C=O) groups excluding carboxylic acids is 2. The number of allylic oxidation sites excluding steroid dienone is 8. The topological polar surface area (TPSA) is 34.1 Å². The van der Waals surface area contributed by atoms with Crippen LogP contribution in [0.1, 0.15) is 68.2 Å². The van der Waals surface area contributed by atoms with Crippen LogP contribution in [-0.4, -0.2) is 11.6 Å². The Balaban J connectivity index is 1.63. The van der Waals surface area contributed by atoms with Crippen LogP contribution in [0.5, 0.6) is 0 Å². The number of fused-ring (bicyclic) bond motifs is 2. The Hall–Kier alpha value is -1.70. The van der Waals surface area contributed by atoms with Crippen LogP contribution in [-0.2, 0) is 9.59 Å². The summed E-state index contributed by atoms with van der Waals surface area (Å²) in [6.07, 6.45) is 5.51. The van der Waals surface area contributed by atoms with E-state index >= 15 is 0 Å². The smallest absolute Gasteiger partial charge is 0.166 e. The van der Waals surface area contributed by atoms with E-state index in [1.807, 2.05) is 12.2 Å². The van der Waals surface area contributed by atoms with Crippen molar-refractivity contribution in [1.29, 1.82) is 0 Å². The van der Waals surface area contributed by atoms with Crippen LogP contribution in [0.4, 0.5) is 0 Å². The third-order valence-corrected chi connectivity index (χ3v) is 9.67. The molecule has 0 saturated carbocycles. The summed E-state index contributed by atoms with van der Waals surface area (Å²) in [6.45, 7) is 17.2. The van der Waals surface area contributed by atoms with E-state index in [9.17, 15) is 9.59 Å². The van der Waals surface area contributed by atoms with Crippen molar-refractivity contribution in [3.05, 3.63) is 45.6 Å². The van der Waals surface area contributed by atoms with Crippen LogP contribution in [0, 0.1) is 21.7 Å². The highest BCUT2D eigenvalue weighted by atomic mass is 16.1. The molecule has 0 fully saturated rings. The predicted molar refractivity (Wildman–Crippen MR) is 105 cm³/mol. The summed E-state index contributed by atoms with van der Waals surface area (Å²) in [5, 5.41) is 0. The van der Waals surface area contributed by atoms with Crippen LogP contribution in [0.25, 0.3) is 0 Å². The van der Waals surface area contributed by atoms with Gasteiger partial charge in [-0.1, -0.05) is 47.3 Å². The van der Waals surface area contributed by atoms with Crippen molar-refractivity contribution in [3.8, 4) is 0 Å². The van der Waals surface area contributed by atoms with E-state index in [2.05, 4.69) is 55.4 Å². The van der Waals surface area contributed by atoms with E-state index in [0.29, 0.717) is 0 Å². The van der Waals surface area contributed by atoms with Gasteiger partial charge in [0.05, 0.1) is 10.8 Å². The van der Waals surface area contributed by atoms with E-state index in [4.69, 9.17) is 0 Å². The van der Waals surface area contributed by atoms with Gasteiger partial charge in [-0.2, -0.15) is 0 Å². The van der Waals surface area contributed by atoms with Crippen LogP contribution in [0.2, 0.25) is 0 Å². The van der Waals surface area contributed by atoms with Crippen LogP contribution in [0.3, 0.4) is 0 Å². The molecular formula is C24H30O2. The molecule has 0 aromatic heterocycles. The number of hydrogen-bond acceptors (Lipinski definition) is 2. The quantitative estimate of drug-likeness (QED) is 0.629. The second-order valence-electron chi connectivity index (χ2n) is 9.57. The van der Waals surface area contributed by atoms with Crippen molar-refractivity contribution in [2.45, 2.75) is 68.2 Å². The Morgan fingerprint density at radius 3 is 1.15 bits per heavy atom. The molecular weight excluding hydrogens is 320 g/mol. The van der Waals surface area contributed by atoms with Crippen LogP contribution in [0.15, 0.2) is 45.6 Å². The SMILES string of the molecule is CC1=C(C)C2(C)C(CCC3=CC(=O)C4(C)C(C)=C(C)C34C)=CC(=O)C12C. The van der Waals surface area contributed by atoms with Gasteiger partial charge in [0.25, 0.3) is 0 Å². The van der Waals surface area contributed by atoms with Gasteiger partial charge in [0, 0.05) is 10.8 Å². The van der Waals surface area contributed by atoms with E-state index in [-0.39, 0.29) is 33.2 Å². The molecule has 0 heterocycles. The molecule has 0 aromatic carbocycles. The van der Waals surface area contributed by atoms with Gasteiger partial charge in [0.1, 0.15) is 0 Å². The predicted octanol–water partition coefficient (Wildman–Crippen LogP) is 5.51. The van der Waals surface area contributed by atoms with Crippen LogP contribution < -0.4 is 0 Å². The zero-order valence-corrected chi connectivity index (χ0v) is 17.4. The Kier molecular flexibility index (Phi) is 3.12. The van der Waals surface area contributed by atoms with Gasteiger partial charge in [-0.25, -0.2) is 0 Å². The average molecular weight is 351 g/mol. The fraction of sp³-hybridized carbons (Fsp3) is 0.583. The first-order valence-electron chi connectivity index (χ1n) is 9.77. The third kappa shape index (κ3) is 1.39. The zero-order valence-electron chi connectivity index (χ0n) is 17.4. The highest BCUT2D eigenvalue weighted by Crippen LogP contribution is 2.70. The maximum Gasteiger partial charge on any atom is 0.166 e. The molecule has 4 rings (SSSR count). The molecule has 0 aliphatic heterocycles. The van der Waals surface area contributed by atoms with Crippen molar-refractivity contribution < 1.29 is 9.59 Å². The van der Waals surface area contributed by atoms with Gasteiger partial charge in [-0.3, -0.25) is 9.59 Å². The molecule has 4 aliphatic carbocycles. The minimum atomic E-state index is -0.354. The Bertz CT molecular complexity index is 848. The van der Waals surface area contributed by atoms with Crippen molar-refractivity contribution in [2.75, 3.05) is 0 Å². The molecule has 26 heavy (non-hydrogen) atoms. The Morgan fingerprint density at radius 2 is 0.846 bits per heavy atom. The lowest BCUT2D eigenvalue weighted by Crippen LogP contribution is -2.51. The van der Waals surface area contributed by atoms with Gasteiger partial charge in [0.15, 0.2) is 11.6 Å². The Morgan fingerprint density at radius 1 is 0.577 bits per heavy atom. The summed E-state index contributed by atoms with van der Waals surface area (Å²) in [4.78, 5) is 25.5. The largest absolute Gasteiger partial charge is 0.294 e. The van der Waals surface area contributed by atoms with E-state index in [0.717, 1.165) is 12.8 Å². The molecule has 0 aromatic rings. The summed E-state index contributed by atoms with van der Waals surface area (Å²) in [7, 11) is 0. The lowest BCUT2D eigenvalue weighted by atomic mass is 9.46. The lowest BCUT2D eigenvalue weighted by molar-refractivity contribution is -0.125. The molecule has 4 unspecified atom stereocenters. The fourth-order valence-electron chi connectivity index (χ4n) is 6.67. The average Bonchev–Trinajstić information content (AvgIpc) is 2.91. The molecule has 0 spiro atoms. The lowest BCUT2D eigenvalue weighted by Gasteiger charge is -2.55. The van der Waals surface area contributed by atoms with Gasteiger partial charge in [0.2, 0.25) is 0 Å². The highest BCUT2D eigenvalue weighted by Gasteiger charge is 2.66. The number of hydrogen-bond donors (Lipinski definition) is 0. The zero-order chi connectivity index (χ0) is 19.4. The van der Waals surface area contributed by atoms with Crippen LogP contribution >= 0.6 is 0 Å². The summed E-state index contributed by atoms with van der Waals surface area (Å²) < 4.78 is 0. The van der Waals surface area contributed by atoms with Crippen molar-refractivity contribution in [3.63, 3.8) is 0 Å². The normalized spacial score (nSPS) is 43.8. The molecule has 4 atom stereocenters. The van der Waals surface area contributed by atoms with Crippen molar-refractivity contribution in [1.82, 2.24) is 0 Å². The first-order chi connectivity index (χ1) is 11.9. The minimum absolute atomic E-state index is 0.137. The first kappa shape index (κ1) is 17.7. The minimum Gasteiger partial charge on any atom is -0.294 e. The highest BCUT2D eigenvalue weighted by molar-refractivity contribution is 6.05. The van der Waals surface area contributed by atoms with Crippen molar-refractivity contribution in [2.24, 2.45) is 21.7 Å². The number of carbonyl (C=O) groups is 2. The van der Waals surface area contributed by atoms with Gasteiger partial charge < -0.3 is 0 Å². The van der Waals surface area contributed by atoms with E-state index in [1.54, 1.807) is 0 Å². The summed E-state index contributed by atoms with van der Waals surface area (Å²) in [5.74, 6) is 0.502. The van der Waals surface area contributed by atoms with Gasteiger partial charge in [-0.15, -0.1) is 0 Å². The Labute approximate surface area is 157 Å². The number of rotatable bonds is 3. The molecule has 0 saturated heterocycles. The molecule has 0 N–H and O–H groups in total. The summed E-state index contributed by atoms with van der Waals surface area (Å²) in [5.41, 5.74) is 6.68. The van der Waals surface area contributed by atoms with E-state index in [1.165, 1.54) is 33.4 Å². The fourth-order valence-corrected chi connectivity index (χ4v) is 6.67. The number of ketones is 2. The summed E-state index contributed by atoms with van der Waals surface area (Å²) >= 11 is 0. The standard InChI is InChI=1S/C24H30O2/c1-13-15(3)23(7)19(25)11-17(21(13,23)5)9-10-18-12-20(26)24(8)16(4)14(2)22(18,24)6/h11-12H,9-10H2,1-8H3. The monoisotopic (exact) mass is 350 g/mol. The maximum absolute atomic E-state index is 12.7. The van der Waals surface area contributed by atoms with Gasteiger partial charge in [-0.05, 0) is 66.5 Å².